The molecule has 2 nitrogen and oxygen atoms in total. The van der Waals surface area contributed by atoms with Gasteiger partial charge in [0, 0.05) is 17.0 Å². The number of hydrogen-bond donors (Lipinski definition) is 0. The summed E-state index contributed by atoms with van der Waals surface area (Å²) >= 11 is 0. The second kappa shape index (κ2) is 5.40. The minimum Gasteiger partial charge on any atom is -0.237 e. The standard InChI is InChI=1S/C21H19N2/c1-16-9-8-12-18-15-19(17-10-4-3-5-11-17)23(21(16)18)20-13-6-7-14-22(20)2/h3-15H,1-2H3/q+1. The number of rotatable bonds is 2. The molecule has 0 fully saturated rings. The minimum atomic E-state index is 1.16. The second-order valence-electron chi connectivity index (χ2n) is 5.91. The van der Waals surface area contributed by atoms with E-state index in [0.29, 0.717) is 0 Å². The van der Waals surface area contributed by atoms with Crippen LogP contribution in [0.25, 0.3) is 28.0 Å². The van der Waals surface area contributed by atoms with Gasteiger partial charge in [-0.1, -0.05) is 54.6 Å². The van der Waals surface area contributed by atoms with Gasteiger partial charge < -0.3 is 0 Å². The molecule has 0 aliphatic carbocycles. The topological polar surface area (TPSA) is 8.81 Å². The van der Waals surface area contributed by atoms with E-state index in [9.17, 15) is 0 Å². The summed E-state index contributed by atoms with van der Waals surface area (Å²) in [6, 6.07) is 25.7. The first-order valence-electron chi connectivity index (χ1n) is 7.87. The molecule has 4 aromatic rings. The van der Waals surface area contributed by atoms with Gasteiger partial charge in [-0.3, -0.25) is 0 Å². The number of pyridine rings is 1. The van der Waals surface area contributed by atoms with Crippen LogP contribution in [0.3, 0.4) is 0 Å². The molecule has 2 heterocycles. The Kier molecular flexibility index (Phi) is 3.23. The third kappa shape index (κ3) is 2.23. The number of fused-ring (bicyclic) bond motifs is 1. The fraction of sp³-hybridized carbons (Fsp3) is 0.0952. The average Bonchev–Trinajstić information content (AvgIpc) is 2.97. The molecular formula is C21H19N2+. The van der Waals surface area contributed by atoms with Crippen LogP contribution in [0, 0.1) is 6.92 Å². The Morgan fingerprint density at radius 3 is 2.39 bits per heavy atom. The highest BCUT2D eigenvalue weighted by Crippen LogP contribution is 2.32. The zero-order chi connectivity index (χ0) is 15.8. The molecule has 2 aromatic carbocycles. The highest BCUT2D eigenvalue weighted by molar-refractivity contribution is 5.90. The monoisotopic (exact) mass is 299 g/mol. The van der Waals surface area contributed by atoms with E-state index < -0.39 is 0 Å². The summed E-state index contributed by atoms with van der Waals surface area (Å²) in [5, 5.41) is 1.27. The summed E-state index contributed by atoms with van der Waals surface area (Å²) in [5.74, 6) is 1.16. The normalized spacial score (nSPS) is 11.0. The van der Waals surface area contributed by atoms with Gasteiger partial charge in [0.25, 0.3) is 5.82 Å². The van der Waals surface area contributed by atoms with Gasteiger partial charge in [-0.2, -0.15) is 4.57 Å². The van der Waals surface area contributed by atoms with Crippen molar-refractivity contribution in [3.05, 3.63) is 84.6 Å². The molecule has 112 valence electrons. The molecule has 0 saturated heterocycles. The number of aryl methyl sites for hydroxylation is 2. The molecule has 0 radical (unpaired) electrons. The van der Waals surface area contributed by atoms with Crippen LogP contribution in [-0.2, 0) is 7.05 Å². The van der Waals surface area contributed by atoms with Crippen molar-refractivity contribution in [2.75, 3.05) is 0 Å². The van der Waals surface area contributed by atoms with Crippen molar-refractivity contribution in [2.24, 2.45) is 7.05 Å². The van der Waals surface area contributed by atoms with Gasteiger partial charge >= 0.3 is 0 Å². The predicted molar refractivity (Wildman–Crippen MR) is 94.6 cm³/mol. The van der Waals surface area contributed by atoms with E-state index in [4.69, 9.17) is 0 Å². The Bertz CT molecular complexity index is 981. The molecule has 0 spiro atoms. The Morgan fingerprint density at radius 2 is 1.61 bits per heavy atom. The van der Waals surface area contributed by atoms with E-state index in [1.54, 1.807) is 0 Å². The zero-order valence-corrected chi connectivity index (χ0v) is 13.4. The first kappa shape index (κ1) is 13.8. The van der Waals surface area contributed by atoms with Crippen molar-refractivity contribution < 1.29 is 4.57 Å². The molecule has 0 aliphatic rings. The first-order valence-corrected chi connectivity index (χ1v) is 7.87. The first-order chi connectivity index (χ1) is 11.3. The lowest BCUT2D eigenvalue weighted by atomic mass is 10.1. The zero-order valence-electron chi connectivity index (χ0n) is 13.4. The summed E-state index contributed by atoms with van der Waals surface area (Å²) in [4.78, 5) is 0. The summed E-state index contributed by atoms with van der Waals surface area (Å²) in [7, 11) is 2.09. The molecule has 0 amide bonds. The van der Waals surface area contributed by atoms with E-state index in [1.807, 2.05) is 0 Å². The summed E-state index contributed by atoms with van der Waals surface area (Å²) in [6.45, 7) is 2.18. The van der Waals surface area contributed by atoms with Crippen molar-refractivity contribution in [1.82, 2.24) is 4.57 Å². The van der Waals surface area contributed by atoms with Crippen molar-refractivity contribution in [1.29, 1.82) is 0 Å². The van der Waals surface area contributed by atoms with Crippen molar-refractivity contribution in [3.8, 4) is 17.1 Å². The van der Waals surface area contributed by atoms with Gasteiger partial charge in [0.05, 0.1) is 13.2 Å². The molecule has 0 unspecified atom stereocenters. The lowest BCUT2D eigenvalue weighted by Gasteiger charge is -2.07. The van der Waals surface area contributed by atoms with E-state index in [0.717, 1.165) is 5.82 Å². The van der Waals surface area contributed by atoms with Crippen molar-refractivity contribution in [2.45, 2.75) is 6.92 Å². The van der Waals surface area contributed by atoms with E-state index >= 15 is 0 Å². The smallest absolute Gasteiger partial charge is 0.237 e. The highest BCUT2D eigenvalue weighted by Gasteiger charge is 2.22. The van der Waals surface area contributed by atoms with Gasteiger partial charge in [-0.15, -0.1) is 0 Å². The van der Waals surface area contributed by atoms with Crippen molar-refractivity contribution in [3.63, 3.8) is 0 Å². The van der Waals surface area contributed by atoms with Crippen LogP contribution in [0.5, 0.6) is 0 Å². The van der Waals surface area contributed by atoms with Crippen LogP contribution >= 0.6 is 0 Å². The molecule has 2 aromatic heterocycles. The third-order valence-corrected chi connectivity index (χ3v) is 4.35. The average molecular weight is 299 g/mol. The van der Waals surface area contributed by atoms with E-state index in [2.05, 4.69) is 102 Å². The van der Waals surface area contributed by atoms with Gasteiger partial charge in [-0.05, 0) is 24.6 Å². The molecule has 2 heteroatoms. The van der Waals surface area contributed by atoms with Gasteiger partial charge in [0.2, 0.25) is 0 Å². The van der Waals surface area contributed by atoms with Crippen LogP contribution in [0.1, 0.15) is 5.56 Å². The SMILES string of the molecule is Cc1cccc2cc(-c3ccccc3)n(-c3cccc[n+]3C)c12. The van der Waals surface area contributed by atoms with Crippen LogP contribution in [0.15, 0.2) is 79.0 Å². The lowest BCUT2D eigenvalue weighted by Crippen LogP contribution is -2.33. The maximum Gasteiger partial charge on any atom is 0.286 e. The molecule has 0 bridgehead atoms. The fourth-order valence-corrected chi connectivity index (χ4v) is 3.24. The molecular weight excluding hydrogens is 280 g/mol. The molecule has 0 N–H and O–H groups in total. The van der Waals surface area contributed by atoms with Crippen LogP contribution in [-0.4, -0.2) is 4.57 Å². The number of nitrogens with zero attached hydrogens (tertiary/aromatic N) is 2. The van der Waals surface area contributed by atoms with Crippen molar-refractivity contribution >= 4 is 10.9 Å². The third-order valence-electron chi connectivity index (χ3n) is 4.35. The largest absolute Gasteiger partial charge is 0.286 e. The minimum absolute atomic E-state index is 1.16. The molecule has 0 saturated carbocycles. The lowest BCUT2D eigenvalue weighted by molar-refractivity contribution is -0.665. The van der Waals surface area contributed by atoms with Crippen LogP contribution in [0.4, 0.5) is 0 Å². The summed E-state index contributed by atoms with van der Waals surface area (Å²) in [6.07, 6.45) is 2.09. The molecule has 0 atom stereocenters. The maximum atomic E-state index is 2.36. The fourth-order valence-electron chi connectivity index (χ4n) is 3.24. The highest BCUT2D eigenvalue weighted by atomic mass is 15.1. The number of aromatic nitrogens is 2. The van der Waals surface area contributed by atoms with Crippen LogP contribution in [0.2, 0.25) is 0 Å². The Hall–Kier alpha value is -2.87. The summed E-state index contributed by atoms with van der Waals surface area (Å²) < 4.78 is 4.53. The quantitative estimate of drug-likeness (QED) is 0.484. The summed E-state index contributed by atoms with van der Waals surface area (Å²) in [5.41, 5.74) is 5.00. The van der Waals surface area contributed by atoms with E-state index in [-0.39, 0.29) is 0 Å². The van der Waals surface area contributed by atoms with E-state index in [1.165, 1.54) is 27.7 Å². The van der Waals surface area contributed by atoms with Gasteiger partial charge in [0.1, 0.15) is 11.2 Å². The maximum absolute atomic E-state index is 2.36. The number of benzene rings is 2. The van der Waals surface area contributed by atoms with Crippen LogP contribution < -0.4 is 4.57 Å². The molecule has 4 rings (SSSR count). The van der Waals surface area contributed by atoms with Gasteiger partial charge in [-0.25, -0.2) is 4.57 Å². The molecule has 23 heavy (non-hydrogen) atoms. The Labute approximate surface area is 136 Å². The number of para-hydroxylation sites is 1. The Balaban J connectivity index is 2.14. The predicted octanol–water partition coefficient (Wildman–Crippen LogP) is 4.43. The second-order valence-corrected chi connectivity index (χ2v) is 5.91. The molecule has 0 aliphatic heterocycles. The Morgan fingerprint density at radius 1 is 0.826 bits per heavy atom. The van der Waals surface area contributed by atoms with Gasteiger partial charge in [0.15, 0.2) is 0 Å². The number of hydrogen-bond acceptors (Lipinski definition) is 0.